The van der Waals surface area contributed by atoms with Gasteiger partial charge in [-0.1, -0.05) is 0 Å². The predicted octanol–water partition coefficient (Wildman–Crippen LogP) is 2.21. The van der Waals surface area contributed by atoms with Gasteiger partial charge in [0.15, 0.2) is 0 Å². The number of nitrogens with two attached hydrogens (primary N) is 1. The number of nitrogens with zero attached hydrogens (tertiary/aromatic N) is 2. The van der Waals surface area contributed by atoms with E-state index in [0.29, 0.717) is 16.9 Å². The zero-order chi connectivity index (χ0) is 11.0. The molecule has 2 rings (SSSR count). The molecule has 15 heavy (non-hydrogen) atoms. The van der Waals surface area contributed by atoms with E-state index < -0.39 is 0 Å². The van der Waals surface area contributed by atoms with E-state index in [1.807, 2.05) is 13.1 Å². The van der Waals surface area contributed by atoms with Crippen LogP contribution in [-0.4, -0.2) is 9.78 Å². The van der Waals surface area contributed by atoms with Crippen LogP contribution in [0.4, 0.5) is 10.1 Å². The van der Waals surface area contributed by atoms with Crippen molar-refractivity contribution in [1.29, 1.82) is 0 Å². The lowest BCUT2D eigenvalue weighted by Crippen LogP contribution is -2.02. The van der Waals surface area contributed by atoms with Gasteiger partial charge >= 0.3 is 0 Å². The van der Waals surface area contributed by atoms with E-state index in [2.05, 4.69) is 5.10 Å². The minimum atomic E-state index is -0.292. The summed E-state index contributed by atoms with van der Waals surface area (Å²) in [7, 11) is 0. The third kappa shape index (κ3) is 1.70. The van der Waals surface area contributed by atoms with E-state index in [-0.39, 0.29) is 5.82 Å². The van der Waals surface area contributed by atoms with Crippen molar-refractivity contribution >= 4 is 5.69 Å². The summed E-state index contributed by atoms with van der Waals surface area (Å²) in [6, 6.07) is 3.01. The maximum atomic E-state index is 13.2. The first-order valence-corrected chi connectivity index (χ1v) is 4.65. The van der Waals surface area contributed by atoms with Crippen LogP contribution in [0.2, 0.25) is 0 Å². The maximum absolute atomic E-state index is 13.2. The molecule has 2 N–H and O–H groups in total. The highest BCUT2D eigenvalue weighted by Gasteiger charge is 2.07. The van der Waals surface area contributed by atoms with Gasteiger partial charge in [-0.25, -0.2) is 9.07 Å². The van der Waals surface area contributed by atoms with Crippen LogP contribution in [0, 0.1) is 19.7 Å². The van der Waals surface area contributed by atoms with Crippen LogP contribution in [0.1, 0.15) is 11.1 Å². The zero-order valence-electron chi connectivity index (χ0n) is 8.66. The second kappa shape index (κ2) is 3.38. The van der Waals surface area contributed by atoms with Gasteiger partial charge in [0, 0.05) is 6.20 Å². The standard InChI is InChI=1S/C11H12FN3/c1-7-5-14-15(6-7)11-3-8(2)9(12)4-10(11)13/h3-6H,13H2,1-2H3. The molecular formula is C11H12FN3. The fraction of sp³-hybridized carbons (Fsp3) is 0.182. The number of aromatic nitrogens is 2. The van der Waals surface area contributed by atoms with Gasteiger partial charge in [0.1, 0.15) is 5.82 Å². The van der Waals surface area contributed by atoms with Crippen molar-refractivity contribution in [3.8, 4) is 5.69 Å². The molecular weight excluding hydrogens is 193 g/mol. The average Bonchev–Trinajstić information content (AvgIpc) is 2.58. The van der Waals surface area contributed by atoms with Crippen LogP contribution < -0.4 is 5.73 Å². The monoisotopic (exact) mass is 205 g/mol. The molecule has 1 heterocycles. The molecule has 78 valence electrons. The number of hydrogen-bond donors (Lipinski definition) is 1. The Morgan fingerprint density at radius 1 is 1.33 bits per heavy atom. The Hall–Kier alpha value is -1.84. The normalized spacial score (nSPS) is 10.6. The third-order valence-corrected chi connectivity index (χ3v) is 2.27. The fourth-order valence-corrected chi connectivity index (χ4v) is 1.42. The average molecular weight is 205 g/mol. The van der Waals surface area contributed by atoms with Gasteiger partial charge in [-0.2, -0.15) is 5.10 Å². The van der Waals surface area contributed by atoms with Crippen LogP contribution in [0.3, 0.4) is 0 Å². The Bertz CT molecular complexity index is 503. The molecule has 0 unspecified atom stereocenters. The summed E-state index contributed by atoms with van der Waals surface area (Å²) in [5, 5.41) is 4.13. The predicted molar refractivity (Wildman–Crippen MR) is 57.4 cm³/mol. The second-order valence-corrected chi connectivity index (χ2v) is 3.62. The molecule has 3 nitrogen and oxygen atoms in total. The molecule has 0 aliphatic carbocycles. The minimum Gasteiger partial charge on any atom is -0.397 e. The maximum Gasteiger partial charge on any atom is 0.128 e. The third-order valence-electron chi connectivity index (χ3n) is 2.27. The Morgan fingerprint density at radius 2 is 2.07 bits per heavy atom. The van der Waals surface area contributed by atoms with Gasteiger partial charge in [-0.05, 0) is 37.1 Å². The summed E-state index contributed by atoms with van der Waals surface area (Å²) >= 11 is 0. The van der Waals surface area contributed by atoms with Crippen molar-refractivity contribution in [3.63, 3.8) is 0 Å². The Balaban J connectivity index is 2.58. The lowest BCUT2D eigenvalue weighted by molar-refractivity contribution is 0.618. The summed E-state index contributed by atoms with van der Waals surface area (Å²) < 4.78 is 14.8. The summed E-state index contributed by atoms with van der Waals surface area (Å²) in [6.45, 7) is 3.64. The Morgan fingerprint density at radius 3 is 2.67 bits per heavy atom. The summed E-state index contributed by atoms with van der Waals surface area (Å²) in [5.41, 5.74) is 8.43. The molecule has 0 aliphatic heterocycles. The van der Waals surface area contributed by atoms with Crippen LogP contribution >= 0.6 is 0 Å². The van der Waals surface area contributed by atoms with Crippen molar-refractivity contribution in [2.24, 2.45) is 0 Å². The van der Waals surface area contributed by atoms with E-state index in [9.17, 15) is 4.39 Å². The summed E-state index contributed by atoms with van der Waals surface area (Å²) in [6.07, 6.45) is 3.58. The first-order valence-electron chi connectivity index (χ1n) is 4.65. The molecule has 0 bridgehead atoms. The number of hydrogen-bond acceptors (Lipinski definition) is 2. The molecule has 2 aromatic rings. The molecule has 0 saturated heterocycles. The molecule has 0 saturated carbocycles. The van der Waals surface area contributed by atoms with Gasteiger partial charge in [-0.15, -0.1) is 0 Å². The van der Waals surface area contributed by atoms with Crippen molar-refractivity contribution in [3.05, 3.63) is 41.5 Å². The molecule has 0 aliphatic rings. The Kier molecular flexibility index (Phi) is 2.19. The number of benzene rings is 1. The first kappa shape index (κ1) is 9.71. The minimum absolute atomic E-state index is 0.292. The molecule has 1 aromatic heterocycles. The molecule has 0 spiro atoms. The van der Waals surface area contributed by atoms with E-state index in [1.165, 1.54) is 6.07 Å². The fourth-order valence-electron chi connectivity index (χ4n) is 1.42. The molecule has 1 aromatic carbocycles. The lowest BCUT2D eigenvalue weighted by Gasteiger charge is -2.07. The van der Waals surface area contributed by atoms with Crippen LogP contribution in [0.25, 0.3) is 5.69 Å². The molecule has 0 atom stereocenters. The largest absolute Gasteiger partial charge is 0.397 e. The van der Waals surface area contributed by atoms with Gasteiger partial charge in [-0.3, -0.25) is 0 Å². The number of nitrogen functional groups attached to an aromatic ring is 1. The molecule has 0 amide bonds. The molecule has 4 heteroatoms. The van der Waals surface area contributed by atoms with Gasteiger partial charge in [0.2, 0.25) is 0 Å². The van der Waals surface area contributed by atoms with Crippen molar-refractivity contribution in [1.82, 2.24) is 9.78 Å². The highest BCUT2D eigenvalue weighted by molar-refractivity contribution is 5.59. The summed E-state index contributed by atoms with van der Waals surface area (Å²) in [5.74, 6) is -0.292. The summed E-state index contributed by atoms with van der Waals surface area (Å²) in [4.78, 5) is 0. The van der Waals surface area contributed by atoms with Crippen LogP contribution in [-0.2, 0) is 0 Å². The van der Waals surface area contributed by atoms with Crippen molar-refractivity contribution < 1.29 is 4.39 Å². The number of aryl methyl sites for hydroxylation is 2. The van der Waals surface area contributed by atoms with Gasteiger partial charge in [0.05, 0.1) is 17.6 Å². The number of rotatable bonds is 1. The van der Waals surface area contributed by atoms with E-state index in [4.69, 9.17) is 5.73 Å². The van der Waals surface area contributed by atoms with Gasteiger partial charge < -0.3 is 5.73 Å². The SMILES string of the molecule is Cc1cnn(-c2cc(C)c(F)cc2N)c1. The van der Waals surface area contributed by atoms with Crippen molar-refractivity contribution in [2.45, 2.75) is 13.8 Å². The quantitative estimate of drug-likeness (QED) is 0.725. The van der Waals surface area contributed by atoms with Gasteiger partial charge in [0.25, 0.3) is 0 Å². The van der Waals surface area contributed by atoms with Crippen molar-refractivity contribution in [2.75, 3.05) is 5.73 Å². The highest BCUT2D eigenvalue weighted by Crippen LogP contribution is 2.21. The molecule has 0 fully saturated rings. The second-order valence-electron chi connectivity index (χ2n) is 3.62. The smallest absolute Gasteiger partial charge is 0.128 e. The zero-order valence-corrected chi connectivity index (χ0v) is 8.66. The van der Waals surface area contributed by atoms with Crippen LogP contribution in [0.15, 0.2) is 24.5 Å². The highest BCUT2D eigenvalue weighted by atomic mass is 19.1. The van der Waals surface area contributed by atoms with Crippen LogP contribution in [0.5, 0.6) is 0 Å². The molecule has 0 radical (unpaired) electrons. The lowest BCUT2D eigenvalue weighted by atomic mass is 10.2. The number of anilines is 1. The Labute approximate surface area is 87.3 Å². The number of halogens is 1. The van der Waals surface area contributed by atoms with E-state index in [1.54, 1.807) is 23.9 Å². The topological polar surface area (TPSA) is 43.8 Å². The van der Waals surface area contributed by atoms with E-state index >= 15 is 0 Å². The van der Waals surface area contributed by atoms with E-state index in [0.717, 1.165) is 5.56 Å². The first-order chi connectivity index (χ1) is 7.08.